The van der Waals surface area contributed by atoms with Gasteiger partial charge in [0.1, 0.15) is 17.1 Å². The molecule has 2 aromatic carbocycles. The number of aliphatic hydroxyl groups excluding tert-OH is 1. The van der Waals surface area contributed by atoms with Crippen molar-refractivity contribution in [2.75, 3.05) is 19.7 Å². The average Bonchev–Trinajstić information content (AvgIpc) is 3.16. The number of aliphatic hydroxyl groups is 1. The summed E-state index contributed by atoms with van der Waals surface area (Å²) < 4.78 is 49.9. The Balaban J connectivity index is 1.37. The molecule has 1 heterocycles. The van der Waals surface area contributed by atoms with Gasteiger partial charge in [-0.05, 0) is 18.6 Å². The molecule has 0 aliphatic carbocycles. The van der Waals surface area contributed by atoms with E-state index in [1.165, 1.54) is 12.1 Å². The van der Waals surface area contributed by atoms with E-state index in [4.69, 9.17) is 20.8 Å². The summed E-state index contributed by atoms with van der Waals surface area (Å²) in [5.74, 6) is -4.47. The molecule has 0 radical (unpaired) electrons. The number of nitrogens with zero attached hydrogens (tertiary/aromatic N) is 1. The van der Waals surface area contributed by atoms with Crippen molar-refractivity contribution in [3.05, 3.63) is 58.7 Å². The fourth-order valence-corrected chi connectivity index (χ4v) is 2.67. The van der Waals surface area contributed by atoms with Crippen molar-refractivity contribution in [2.24, 2.45) is 0 Å². The van der Waals surface area contributed by atoms with Gasteiger partial charge in [0.15, 0.2) is 23.8 Å². The third-order valence-corrected chi connectivity index (χ3v) is 4.49. The molecule has 1 aromatic heterocycles. The van der Waals surface area contributed by atoms with E-state index in [0.717, 1.165) is 18.2 Å². The van der Waals surface area contributed by atoms with Gasteiger partial charge in [-0.25, -0.2) is 18.2 Å². The molecule has 0 fully saturated rings. The molecule has 170 valence electrons. The lowest BCUT2D eigenvalue weighted by Crippen LogP contribution is -2.37. The van der Waals surface area contributed by atoms with E-state index in [0.29, 0.717) is 0 Å². The number of hydrogen-bond donors (Lipinski definition) is 3. The van der Waals surface area contributed by atoms with Gasteiger partial charge >= 0.3 is 5.91 Å². The second-order valence-corrected chi connectivity index (χ2v) is 7.03. The number of fused-ring (bicyclic) bond motifs is 1. The number of hydrogen-bond acceptors (Lipinski definition) is 6. The van der Waals surface area contributed by atoms with E-state index in [1.807, 2.05) is 0 Å². The van der Waals surface area contributed by atoms with Crippen LogP contribution in [-0.4, -0.2) is 47.7 Å². The summed E-state index contributed by atoms with van der Waals surface area (Å²) in [6.07, 6.45) is -0.905. The molecule has 0 aliphatic rings. The van der Waals surface area contributed by atoms with Gasteiger partial charge in [0.2, 0.25) is 0 Å². The minimum atomic E-state index is -1.13. The predicted octanol–water partition coefficient (Wildman–Crippen LogP) is 2.57. The van der Waals surface area contributed by atoms with Crippen LogP contribution < -0.4 is 15.4 Å². The molecule has 0 saturated carbocycles. The van der Waals surface area contributed by atoms with Crippen molar-refractivity contribution in [2.45, 2.75) is 12.5 Å². The van der Waals surface area contributed by atoms with Crippen molar-refractivity contribution >= 4 is 34.5 Å². The van der Waals surface area contributed by atoms with Crippen LogP contribution in [0.1, 0.15) is 17.1 Å². The van der Waals surface area contributed by atoms with Crippen LogP contribution in [0.25, 0.3) is 11.1 Å². The summed E-state index contributed by atoms with van der Waals surface area (Å²) in [5, 5.41) is 14.7. The standard InChI is InChI=1S/C20H17ClF3N3O5/c21-12-2-1-11(5-13(12)22)31-9-18(29)26-8-10(28)3-4-25-19(30)20-27-16-6-14(23)15(24)7-17(16)32-20/h1-2,5-7,10,28H,3-4,8-9H2,(H,25,30)(H,26,29)/t10-/m0/s1. The van der Waals surface area contributed by atoms with Crippen LogP contribution in [0.2, 0.25) is 5.02 Å². The highest BCUT2D eigenvalue weighted by atomic mass is 35.5. The van der Waals surface area contributed by atoms with Crippen molar-refractivity contribution in [3.63, 3.8) is 0 Å². The van der Waals surface area contributed by atoms with Crippen LogP contribution in [0.3, 0.4) is 0 Å². The summed E-state index contributed by atoms with van der Waals surface area (Å²) in [6, 6.07) is 5.33. The molecule has 12 heteroatoms. The molecule has 0 aliphatic heterocycles. The van der Waals surface area contributed by atoms with Crippen molar-refractivity contribution < 1.29 is 37.0 Å². The lowest BCUT2D eigenvalue weighted by atomic mass is 10.2. The second kappa shape index (κ2) is 10.3. The van der Waals surface area contributed by atoms with E-state index in [1.54, 1.807) is 0 Å². The molecule has 3 N–H and O–H groups in total. The predicted molar refractivity (Wildman–Crippen MR) is 107 cm³/mol. The third-order valence-electron chi connectivity index (χ3n) is 4.18. The smallest absolute Gasteiger partial charge is 0.307 e. The number of oxazole rings is 1. The SMILES string of the molecule is O=C(COc1ccc(Cl)c(F)c1)NC[C@@H](O)CCNC(=O)c1nc2cc(F)c(F)cc2o1. The van der Waals surface area contributed by atoms with Gasteiger partial charge in [0, 0.05) is 31.3 Å². The van der Waals surface area contributed by atoms with Crippen molar-refractivity contribution in [3.8, 4) is 5.75 Å². The maximum atomic E-state index is 13.3. The van der Waals surface area contributed by atoms with E-state index in [9.17, 15) is 27.9 Å². The highest BCUT2D eigenvalue weighted by molar-refractivity contribution is 6.30. The molecular formula is C20H17ClF3N3O5. The summed E-state index contributed by atoms with van der Waals surface area (Å²) >= 11 is 5.55. The molecule has 3 aromatic rings. The largest absolute Gasteiger partial charge is 0.484 e. The molecule has 0 bridgehead atoms. The fourth-order valence-electron chi connectivity index (χ4n) is 2.55. The van der Waals surface area contributed by atoms with E-state index < -0.39 is 42.0 Å². The van der Waals surface area contributed by atoms with Crippen LogP contribution in [0, 0.1) is 17.5 Å². The zero-order valence-corrected chi connectivity index (χ0v) is 17.1. The number of nitrogens with one attached hydrogen (secondary N) is 2. The minimum absolute atomic E-state index is 0.0118. The molecule has 1 atom stereocenters. The zero-order chi connectivity index (χ0) is 23.3. The van der Waals surface area contributed by atoms with Crippen LogP contribution in [-0.2, 0) is 4.79 Å². The maximum absolute atomic E-state index is 13.3. The van der Waals surface area contributed by atoms with Crippen molar-refractivity contribution in [1.82, 2.24) is 15.6 Å². The first-order chi connectivity index (χ1) is 15.2. The maximum Gasteiger partial charge on any atom is 0.307 e. The first-order valence-electron chi connectivity index (χ1n) is 9.29. The van der Waals surface area contributed by atoms with E-state index in [2.05, 4.69) is 15.6 Å². The Morgan fingerprint density at radius 2 is 1.88 bits per heavy atom. The monoisotopic (exact) mass is 471 g/mol. The number of benzene rings is 2. The van der Waals surface area contributed by atoms with Crippen LogP contribution in [0.5, 0.6) is 5.75 Å². The second-order valence-electron chi connectivity index (χ2n) is 6.62. The Kier molecular flexibility index (Phi) is 7.54. The number of carbonyl (C=O) groups is 2. The Bertz CT molecular complexity index is 1100. The number of carbonyl (C=O) groups excluding carboxylic acids is 2. The first kappa shape index (κ1) is 23.4. The Labute approximate surface area is 184 Å². The number of halogens is 4. The molecule has 8 nitrogen and oxygen atoms in total. The van der Waals surface area contributed by atoms with Crippen LogP contribution in [0.15, 0.2) is 34.7 Å². The lowest BCUT2D eigenvalue weighted by Gasteiger charge is -2.12. The highest BCUT2D eigenvalue weighted by Crippen LogP contribution is 2.20. The molecule has 3 rings (SSSR count). The van der Waals surface area contributed by atoms with Gasteiger partial charge in [0.05, 0.1) is 11.1 Å². The van der Waals surface area contributed by atoms with Crippen LogP contribution in [0.4, 0.5) is 13.2 Å². The van der Waals surface area contributed by atoms with Gasteiger partial charge in [-0.3, -0.25) is 9.59 Å². The summed E-state index contributed by atoms with van der Waals surface area (Å²) in [5.41, 5.74) is -0.0966. The highest BCUT2D eigenvalue weighted by Gasteiger charge is 2.17. The normalized spacial score (nSPS) is 11.9. The Morgan fingerprint density at radius 1 is 1.12 bits per heavy atom. The summed E-state index contributed by atoms with van der Waals surface area (Å²) in [7, 11) is 0. The molecule has 2 amide bonds. The quantitative estimate of drug-likeness (QED) is 0.442. The van der Waals surface area contributed by atoms with Gasteiger partial charge in [-0.1, -0.05) is 11.6 Å². The van der Waals surface area contributed by atoms with Crippen LogP contribution >= 0.6 is 11.6 Å². The van der Waals surface area contributed by atoms with Gasteiger partial charge in [-0.2, -0.15) is 0 Å². The van der Waals surface area contributed by atoms with Gasteiger partial charge < -0.3 is 24.9 Å². The molecule has 0 saturated heterocycles. The Hall–Kier alpha value is -3.31. The summed E-state index contributed by atoms with van der Waals surface area (Å²) in [4.78, 5) is 27.6. The zero-order valence-electron chi connectivity index (χ0n) is 16.3. The Morgan fingerprint density at radius 3 is 2.62 bits per heavy atom. The van der Waals surface area contributed by atoms with Gasteiger partial charge in [0.25, 0.3) is 11.8 Å². The third kappa shape index (κ3) is 6.11. The number of rotatable bonds is 9. The average molecular weight is 472 g/mol. The molecular weight excluding hydrogens is 455 g/mol. The van der Waals surface area contributed by atoms with Crippen molar-refractivity contribution in [1.29, 1.82) is 0 Å². The molecule has 0 spiro atoms. The topological polar surface area (TPSA) is 114 Å². The van der Waals surface area contributed by atoms with E-state index >= 15 is 0 Å². The summed E-state index contributed by atoms with van der Waals surface area (Å²) in [6.45, 7) is -0.504. The number of amides is 2. The van der Waals surface area contributed by atoms with Gasteiger partial charge in [-0.15, -0.1) is 0 Å². The lowest BCUT2D eigenvalue weighted by molar-refractivity contribution is -0.123. The molecule has 0 unspecified atom stereocenters. The fraction of sp³-hybridized carbons (Fsp3) is 0.250. The number of ether oxygens (including phenoxy) is 1. The first-order valence-corrected chi connectivity index (χ1v) is 9.67. The molecule has 32 heavy (non-hydrogen) atoms. The number of aromatic nitrogens is 1. The minimum Gasteiger partial charge on any atom is -0.484 e. The van der Waals surface area contributed by atoms with E-state index in [-0.39, 0.29) is 47.3 Å².